The van der Waals surface area contributed by atoms with Gasteiger partial charge in [0.15, 0.2) is 11.5 Å². The lowest BCUT2D eigenvalue weighted by Crippen LogP contribution is -2.13. The minimum atomic E-state index is -0.565. The summed E-state index contributed by atoms with van der Waals surface area (Å²) in [5.41, 5.74) is 0.113. The minimum absolute atomic E-state index is 0.0984. The molecule has 0 radical (unpaired) electrons. The molecule has 0 unspecified atom stereocenters. The van der Waals surface area contributed by atoms with Gasteiger partial charge < -0.3 is 19.5 Å². The summed E-state index contributed by atoms with van der Waals surface area (Å²) in [4.78, 5) is 22.9. The molecule has 0 aromatic heterocycles. The van der Waals surface area contributed by atoms with Gasteiger partial charge in [-0.25, -0.2) is 0 Å². The molecule has 0 saturated carbocycles. The molecule has 24 heavy (non-hydrogen) atoms. The van der Waals surface area contributed by atoms with Crippen molar-refractivity contribution in [2.45, 2.75) is 0 Å². The zero-order valence-corrected chi connectivity index (χ0v) is 13.4. The average Bonchev–Trinajstić information content (AvgIpc) is 2.60. The number of nitrogens with one attached hydrogen (secondary N) is 1. The summed E-state index contributed by atoms with van der Waals surface area (Å²) in [6, 6.07) is 8.81. The highest BCUT2D eigenvalue weighted by Crippen LogP contribution is 2.38. The highest BCUT2D eigenvalue weighted by molar-refractivity contribution is 6.06. The Morgan fingerprint density at radius 1 is 1.04 bits per heavy atom. The van der Waals surface area contributed by atoms with E-state index in [2.05, 4.69) is 5.32 Å². The molecule has 0 aliphatic heterocycles. The van der Waals surface area contributed by atoms with Gasteiger partial charge in [-0.1, -0.05) is 12.1 Å². The average molecular weight is 332 g/mol. The number of hydrogen-bond donors (Lipinski definition) is 1. The van der Waals surface area contributed by atoms with Gasteiger partial charge in [-0.05, 0) is 18.2 Å². The van der Waals surface area contributed by atoms with Gasteiger partial charge in [0.05, 0.1) is 26.3 Å². The van der Waals surface area contributed by atoms with Crippen LogP contribution in [0.5, 0.6) is 17.2 Å². The molecule has 2 aromatic rings. The first-order chi connectivity index (χ1) is 11.5. The van der Waals surface area contributed by atoms with Gasteiger partial charge in [-0.2, -0.15) is 0 Å². The third-order valence-corrected chi connectivity index (χ3v) is 3.28. The number of rotatable bonds is 6. The summed E-state index contributed by atoms with van der Waals surface area (Å²) in [5, 5.41) is 13.5. The van der Waals surface area contributed by atoms with Crippen molar-refractivity contribution >= 4 is 17.3 Å². The number of carbonyl (C=O) groups is 1. The van der Waals surface area contributed by atoms with E-state index in [9.17, 15) is 14.9 Å². The van der Waals surface area contributed by atoms with Crippen LogP contribution < -0.4 is 19.5 Å². The van der Waals surface area contributed by atoms with Gasteiger partial charge in [0.1, 0.15) is 5.69 Å². The standard InChI is InChI=1S/C16H16N2O6/c1-22-13-8-10(9-14(23-2)15(13)24-3)16(19)17-11-6-4-5-7-12(11)18(20)21/h4-9H,1-3H3,(H,17,19). The lowest BCUT2D eigenvalue weighted by atomic mass is 10.1. The van der Waals surface area contributed by atoms with Crippen LogP contribution in [0.25, 0.3) is 0 Å². The molecule has 8 nitrogen and oxygen atoms in total. The van der Waals surface area contributed by atoms with Gasteiger partial charge >= 0.3 is 0 Å². The van der Waals surface area contributed by atoms with Crippen molar-refractivity contribution in [1.29, 1.82) is 0 Å². The summed E-state index contributed by atoms with van der Waals surface area (Å²) >= 11 is 0. The highest BCUT2D eigenvalue weighted by atomic mass is 16.6. The van der Waals surface area contributed by atoms with E-state index in [-0.39, 0.29) is 16.9 Å². The van der Waals surface area contributed by atoms with Crippen molar-refractivity contribution in [2.24, 2.45) is 0 Å². The second kappa shape index (κ2) is 7.32. The van der Waals surface area contributed by atoms with Crippen molar-refractivity contribution < 1.29 is 23.9 Å². The lowest BCUT2D eigenvalue weighted by molar-refractivity contribution is -0.383. The number of nitro benzene ring substituents is 1. The molecule has 1 amide bonds. The summed E-state index contributed by atoms with van der Waals surface area (Å²) in [5.74, 6) is 0.430. The van der Waals surface area contributed by atoms with Crippen LogP contribution in [-0.2, 0) is 0 Å². The molecule has 0 atom stereocenters. The number of methoxy groups -OCH3 is 3. The molecule has 2 rings (SSSR count). The van der Waals surface area contributed by atoms with E-state index in [0.717, 1.165) is 0 Å². The van der Waals surface area contributed by atoms with Gasteiger partial charge in [0.25, 0.3) is 11.6 Å². The van der Waals surface area contributed by atoms with Gasteiger partial charge in [-0.3, -0.25) is 14.9 Å². The minimum Gasteiger partial charge on any atom is -0.493 e. The number of anilines is 1. The Hall–Kier alpha value is -3.29. The van der Waals surface area contributed by atoms with Gasteiger partial charge in [-0.15, -0.1) is 0 Å². The second-order valence-electron chi connectivity index (χ2n) is 4.64. The van der Waals surface area contributed by atoms with Crippen LogP contribution in [0, 0.1) is 10.1 Å². The van der Waals surface area contributed by atoms with E-state index in [1.807, 2.05) is 0 Å². The van der Waals surface area contributed by atoms with E-state index in [1.165, 1.54) is 51.7 Å². The van der Waals surface area contributed by atoms with Crippen LogP contribution in [0.4, 0.5) is 11.4 Å². The monoisotopic (exact) mass is 332 g/mol. The molecule has 0 saturated heterocycles. The third kappa shape index (κ3) is 3.37. The number of para-hydroxylation sites is 2. The summed E-state index contributed by atoms with van der Waals surface area (Å²) in [6.07, 6.45) is 0. The smallest absolute Gasteiger partial charge is 0.292 e. The number of ether oxygens (including phenoxy) is 3. The number of nitrogens with zero attached hydrogens (tertiary/aromatic N) is 1. The molecule has 0 aliphatic rings. The number of nitro groups is 1. The molecule has 8 heteroatoms. The van der Waals surface area contributed by atoms with Crippen molar-refractivity contribution in [2.75, 3.05) is 26.6 Å². The van der Waals surface area contributed by atoms with E-state index < -0.39 is 10.8 Å². The molecular weight excluding hydrogens is 316 g/mol. The second-order valence-corrected chi connectivity index (χ2v) is 4.64. The molecule has 0 spiro atoms. The van der Waals surface area contributed by atoms with Crippen LogP contribution in [-0.4, -0.2) is 32.2 Å². The van der Waals surface area contributed by atoms with Crippen molar-refractivity contribution in [3.8, 4) is 17.2 Å². The Labute approximate surface area is 138 Å². The van der Waals surface area contributed by atoms with Gasteiger partial charge in [0.2, 0.25) is 5.75 Å². The summed E-state index contributed by atoms with van der Waals surface area (Å²) in [7, 11) is 4.31. The molecule has 2 aromatic carbocycles. The lowest BCUT2D eigenvalue weighted by Gasteiger charge is -2.14. The first-order valence-electron chi connectivity index (χ1n) is 6.86. The zero-order valence-electron chi connectivity index (χ0n) is 13.4. The van der Waals surface area contributed by atoms with Crippen molar-refractivity contribution in [1.82, 2.24) is 0 Å². The molecule has 0 fully saturated rings. The van der Waals surface area contributed by atoms with Gasteiger partial charge in [0, 0.05) is 11.6 Å². The van der Waals surface area contributed by atoms with Crippen LogP contribution in [0.2, 0.25) is 0 Å². The number of carbonyl (C=O) groups excluding carboxylic acids is 1. The third-order valence-electron chi connectivity index (χ3n) is 3.28. The molecular formula is C16H16N2O6. The Kier molecular flexibility index (Phi) is 5.20. The fourth-order valence-corrected chi connectivity index (χ4v) is 2.15. The van der Waals surface area contributed by atoms with E-state index in [0.29, 0.717) is 17.2 Å². The normalized spacial score (nSPS) is 9.96. The Balaban J connectivity index is 2.39. The van der Waals surface area contributed by atoms with Crippen molar-refractivity contribution in [3.05, 3.63) is 52.1 Å². The first kappa shape index (κ1) is 17.1. The van der Waals surface area contributed by atoms with Crippen LogP contribution in [0.15, 0.2) is 36.4 Å². The molecule has 0 aliphatic carbocycles. The van der Waals surface area contributed by atoms with E-state index >= 15 is 0 Å². The predicted molar refractivity (Wildman–Crippen MR) is 87.1 cm³/mol. The maximum Gasteiger partial charge on any atom is 0.292 e. The molecule has 1 N–H and O–H groups in total. The maximum absolute atomic E-state index is 12.4. The fourth-order valence-electron chi connectivity index (χ4n) is 2.15. The van der Waals surface area contributed by atoms with E-state index in [4.69, 9.17) is 14.2 Å². The summed E-state index contributed by atoms with van der Waals surface area (Å²) < 4.78 is 15.6. The quantitative estimate of drug-likeness (QED) is 0.645. The maximum atomic E-state index is 12.4. The molecule has 0 bridgehead atoms. The van der Waals surface area contributed by atoms with Crippen LogP contribution in [0.3, 0.4) is 0 Å². The zero-order chi connectivity index (χ0) is 17.7. The predicted octanol–water partition coefficient (Wildman–Crippen LogP) is 2.87. The van der Waals surface area contributed by atoms with Crippen LogP contribution in [0.1, 0.15) is 10.4 Å². The van der Waals surface area contributed by atoms with Crippen LogP contribution >= 0.6 is 0 Å². The highest BCUT2D eigenvalue weighted by Gasteiger charge is 2.19. The SMILES string of the molecule is COc1cc(C(=O)Nc2ccccc2[N+](=O)[O-])cc(OC)c1OC. The fraction of sp³-hybridized carbons (Fsp3) is 0.188. The number of benzene rings is 2. The first-order valence-corrected chi connectivity index (χ1v) is 6.86. The van der Waals surface area contributed by atoms with E-state index in [1.54, 1.807) is 6.07 Å². The largest absolute Gasteiger partial charge is 0.493 e. The Morgan fingerprint density at radius 3 is 2.12 bits per heavy atom. The topological polar surface area (TPSA) is 99.9 Å². The summed E-state index contributed by atoms with van der Waals surface area (Å²) in [6.45, 7) is 0. The van der Waals surface area contributed by atoms with Crippen molar-refractivity contribution in [3.63, 3.8) is 0 Å². The molecule has 126 valence electrons. The Bertz CT molecular complexity index is 750. The molecule has 0 heterocycles. The Morgan fingerprint density at radius 2 is 1.62 bits per heavy atom. The number of hydrogen-bond acceptors (Lipinski definition) is 6. The number of amides is 1.